The Morgan fingerprint density at radius 1 is 0.214 bits per heavy atom. The number of aryl methyl sites for hydroxylation is 12. The second-order valence-electron chi connectivity index (χ2n) is 45.7. The first-order chi connectivity index (χ1) is 61.2. The monoisotopic (exact) mass is 1760 g/mol. The van der Waals surface area contributed by atoms with Crippen LogP contribution in [-0.2, 0) is 37.1 Å². The van der Waals surface area contributed by atoms with Crippen molar-refractivity contribution in [2.45, 2.75) is 350 Å². The van der Waals surface area contributed by atoms with Crippen LogP contribution in [0.2, 0.25) is 0 Å². The number of ether oxygens (including phenoxy) is 3. The van der Waals surface area contributed by atoms with E-state index in [2.05, 4.69) is 355 Å². The van der Waals surface area contributed by atoms with E-state index in [1.54, 1.807) is 0 Å². The number of aromatic amines is 2. The molecule has 15 aromatic rings. The van der Waals surface area contributed by atoms with E-state index >= 15 is 0 Å². The predicted octanol–water partition coefficient (Wildman–Crippen LogP) is 31.2. The summed E-state index contributed by atoms with van der Waals surface area (Å²) in [5.41, 5.74) is 56.9. The topological polar surface area (TPSA) is 88.7 Å². The number of hydrogen-bond donors (Lipinski definition) is 2. The Balaban J connectivity index is 0.000000123. The summed E-state index contributed by atoms with van der Waals surface area (Å²) in [6.07, 6.45) is 0. The Kier molecular flexibility index (Phi) is 19.9. The summed E-state index contributed by atoms with van der Waals surface area (Å²) in [5.74, 6) is 3.46. The molecule has 0 radical (unpaired) electrons. The van der Waals surface area contributed by atoms with Crippen molar-refractivity contribution in [1.29, 1.82) is 0 Å². The van der Waals surface area contributed by atoms with E-state index in [1.807, 2.05) is 0 Å². The van der Waals surface area contributed by atoms with Gasteiger partial charge in [0.2, 0.25) is 0 Å². The summed E-state index contributed by atoms with van der Waals surface area (Å²) >= 11 is 0. The van der Waals surface area contributed by atoms with E-state index in [1.165, 1.54) is 298 Å². The van der Waals surface area contributed by atoms with Crippen molar-refractivity contribution in [2.24, 2.45) is 47.3 Å². The van der Waals surface area contributed by atoms with Gasteiger partial charge in [-0.3, -0.25) is 14.7 Å². The van der Waals surface area contributed by atoms with E-state index in [9.17, 15) is 0 Å². The summed E-state index contributed by atoms with van der Waals surface area (Å²) in [7, 11) is 6.97. The van der Waals surface area contributed by atoms with E-state index < -0.39 is 22.9 Å². The molecule has 12 heteroatoms. The van der Waals surface area contributed by atoms with Crippen molar-refractivity contribution in [3.05, 3.63) is 167 Å². The Bertz CT molecular complexity index is 7290. The number of nitrogens with zero attached hydrogens (tertiary/aromatic N) is 7. The highest BCUT2D eigenvalue weighted by Crippen LogP contribution is 2.66. The molecular weight excluding hydrogens is 1600 g/mol. The SMILES string of the molecule is Cc1c(C)c(C)c2c([nH]c3c2c2c(c4c5c(C)c(C)c(C)c(C)c5n(C5(C)OCC(C)C(C)C5C)c34)C(C)N(C)C2C)c1C.Cc1c(C)c(C)c2c([nH]c3c2c2c(c4c5c(C)c(C)c(C)c(C)c5n(C5(C)OCC(C)C(C)C5C)c34)C(C)N(C)C2C)c1C.Cc1c(C)c(C)c2c(c1C)c1c3c(c4c5c(C)c(C)c(C)c(C)c5n5c4c1n2C1(C)OC5(C)C(C)C1C)C(C)N(C)C3C. The van der Waals surface area contributed by atoms with Gasteiger partial charge in [-0.25, -0.2) is 0 Å². The molecule has 7 aliphatic heterocycles. The van der Waals surface area contributed by atoms with Crippen molar-refractivity contribution in [1.82, 2.24) is 42.9 Å². The molecule has 131 heavy (non-hydrogen) atoms. The fourth-order valence-electron chi connectivity index (χ4n) is 29.0. The van der Waals surface area contributed by atoms with Crippen LogP contribution in [0.5, 0.6) is 0 Å². The van der Waals surface area contributed by atoms with Crippen LogP contribution in [0.1, 0.15) is 328 Å². The van der Waals surface area contributed by atoms with E-state index in [0.29, 0.717) is 83.6 Å². The Morgan fingerprint density at radius 2 is 0.420 bits per heavy atom. The summed E-state index contributed by atoms with van der Waals surface area (Å²) in [6.45, 7) is 101. The highest BCUT2D eigenvalue weighted by atomic mass is 16.6. The normalized spacial score (nSPS) is 28.7. The molecule has 13 heterocycles. The molecular formula is C119H155N9O3. The van der Waals surface area contributed by atoms with Crippen LogP contribution < -0.4 is 0 Å². The summed E-state index contributed by atoms with van der Waals surface area (Å²) in [6, 6.07) is 1.90. The number of aromatic nitrogens is 6. The fraction of sp³-hybridized carbons (Fsp3) is 0.546. The zero-order valence-electron chi connectivity index (χ0n) is 88.9. The molecule has 18 atom stereocenters. The fourth-order valence-corrected chi connectivity index (χ4v) is 29.0. The smallest absolute Gasteiger partial charge is 0.148 e. The van der Waals surface area contributed by atoms with Crippen molar-refractivity contribution < 1.29 is 14.2 Å². The van der Waals surface area contributed by atoms with Crippen LogP contribution in [0.4, 0.5) is 0 Å². The minimum atomic E-state index is -0.488. The average Bonchev–Trinajstić information content (AvgIpc) is 1.49. The molecule has 0 spiro atoms. The van der Waals surface area contributed by atoms with Gasteiger partial charge >= 0.3 is 0 Å². The number of H-pyrrole nitrogens is 2. The standard InChI is InChI=1S/2C40H53N3O.C39H49N3O/c2*1-17-16-44-40(14,27(11)18(17)2)43-38-26(10)22(6)20(4)24(8)31(38)35-33-29(13)42(15)28(12)32(33)34-30-23(7)19(3)21(5)25(9)36(30)41-37(34)39(35)43;1-16-18(3)22(7)34-28(20(16)5)32-30-26(11)40(15)27(12)31(30)33-29-21(6)17(2)19(4)23(8)35(29)42-37(33)36(32)41(34)38(13)24(9)25(10)39(42,14)43-38/h2*17-18,27-29,41H,16H2,1-15H3;24-27H,1-15H3. The van der Waals surface area contributed by atoms with Gasteiger partial charge in [-0.2, -0.15) is 0 Å². The lowest BCUT2D eigenvalue weighted by Gasteiger charge is -2.48. The summed E-state index contributed by atoms with van der Waals surface area (Å²) in [5, 5.41) is 17.2. The first kappa shape index (κ1) is 90.4. The number of rotatable bonds is 2. The molecule has 2 bridgehead atoms. The third-order valence-electron chi connectivity index (χ3n) is 41.6. The molecule has 9 aromatic carbocycles. The van der Waals surface area contributed by atoms with Crippen molar-refractivity contribution in [3.63, 3.8) is 0 Å². The van der Waals surface area contributed by atoms with Crippen LogP contribution in [0, 0.1) is 214 Å². The Morgan fingerprint density at radius 3 is 0.672 bits per heavy atom. The van der Waals surface area contributed by atoms with Crippen LogP contribution >= 0.6 is 0 Å². The number of benzene rings is 9. The molecule has 3 fully saturated rings. The van der Waals surface area contributed by atoms with Gasteiger partial charge in [-0.1, -0.05) is 55.4 Å². The van der Waals surface area contributed by atoms with E-state index in [0.717, 1.165) is 13.2 Å². The molecule has 6 aromatic heterocycles. The highest BCUT2D eigenvalue weighted by Gasteiger charge is 2.61. The lowest BCUT2D eigenvalue weighted by Crippen LogP contribution is -2.49. The van der Waals surface area contributed by atoms with Gasteiger partial charge in [-0.15, -0.1) is 0 Å². The van der Waals surface area contributed by atoms with Gasteiger partial charge < -0.3 is 42.4 Å². The third kappa shape index (κ3) is 10.6. The molecule has 694 valence electrons. The summed E-state index contributed by atoms with van der Waals surface area (Å²) < 4.78 is 32.7. The molecule has 12 nitrogen and oxygen atoms in total. The van der Waals surface area contributed by atoms with Gasteiger partial charge in [0.15, 0.2) is 0 Å². The maximum Gasteiger partial charge on any atom is 0.148 e. The van der Waals surface area contributed by atoms with Crippen LogP contribution in [0.3, 0.4) is 0 Å². The minimum Gasteiger partial charge on any atom is -0.355 e. The van der Waals surface area contributed by atoms with Crippen LogP contribution in [0.25, 0.3) is 131 Å². The van der Waals surface area contributed by atoms with Gasteiger partial charge in [0.05, 0.1) is 79.4 Å². The zero-order chi connectivity index (χ0) is 95.3. The first-order valence-corrected chi connectivity index (χ1v) is 50.4. The molecule has 0 saturated carbocycles. The lowest BCUT2D eigenvalue weighted by atomic mass is 9.77. The van der Waals surface area contributed by atoms with Crippen molar-refractivity contribution >= 4 is 131 Å². The zero-order valence-corrected chi connectivity index (χ0v) is 88.9. The van der Waals surface area contributed by atoms with Gasteiger partial charge in [0.25, 0.3) is 0 Å². The largest absolute Gasteiger partial charge is 0.355 e. The second-order valence-corrected chi connectivity index (χ2v) is 45.7. The van der Waals surface area contributed by atoms with E-state index in [-0.39, 0.29) is 0 Å². The molecule has 7 aliphatic rings. The Labute approximate surface area is 781 Å². The molecule has 2 N–H and O–H groups in total. The quantitative estimate of drug-likeness (QED) is 0.179. The third-order valence-corrected chi connectivity index (χ3v) is 41.6. The first-order valence-electron chi connectivity index (χ1n) is 50.4. The maximum absolute atomic E-state index is 7.67. The highest BCUT2D eigenvalue weighted by molar-refractivity contribution is 6.31. The van der Waals surface area contributed by atoms with E-state index in [4.69, 9.17) is 14.2 Å². The van der Waals surface area contributed by atoms with Crippen LogP contribution in [-0.4, -0.2) is 77.3 Å². The Hall–Kier alpha value is -8.46. The second kappa shape index (κ2) is 28.8. The molecule has 22 rings (SSSR count). The number of fused-ring (bicyclic) bond motifs is 33. The lowest BCUT2D eigenvalue weighted by molar-refractivity contribution is -0.191. The molecule has 0 amide bonds. The minimum absolute atomic E-state index is 0.307. The van der Waals surface area contributed by atoms with Gasteiger partial charge in [-0.05, 0) is 447 Å². The molecule has 0 aliphatic carbocycles. The number of nitrogens with one attached hydrogen (secondary N) is 2. The predicted molar refractivity (Wildman–Crippen MR) is 558 cm³/mol. The molecule has 3 saturated heterocycles. The van der Waals surface area contributed by atoms with Crippen molar-refractivity contribution in [2.75, 3.05) is 34.4 Å². The van der Waals surface area contributed by atoms with Gasteiger partial charge in [0, 0.05) is 125 Å². The number of hydrogen-bond acceptors (Lipinski definition) is 6. The molecule has 18 unspecified atom stereocenters. The maximum atomic E-state index is 7.67. The van der Waals surface area contributed by atoms with Crippen molar-refractivity contribution in [3.8, 4) is 0 Å². The summed E-state index contributed by atoms with van der Waals surface area (Å²) in [4.78, 5) is 16.1. The van der Waals surface area contributed by atoms with Crippen LogP contribution in [0.15, 0.2) is 0 Å². The average molecular weight is 1760 g/mol. The van der Waals surface area contributed by atoms with Gasteiger partial charge in [0.1, 0.15) is 22.9 Å².